The van der Waals surface area contributed by atoms with E-state index in [2.05, 4.69) is 25.2 Å². The highest BCUT2D eigenvalue weighted by Gasteiger charge is 2.15. The van der Waals surface area contributed by atoms with Gasteiger partial charge in [0.05, 0.1) is 37.7 Å². The Balaban J connectivity index is 1.84. The van der Waals surface area contributed by atoms with Crippen LogP contribution in [0.2, 0.25) is 0 Å². The summed E-state index contributed by atoms with van der Waals surface area (Å²) >= 11 is 0. The summed E-state index contributed by atoms with van der Waals surface area (Å²) in [5, 5.41) is 18.8. The maximum Gasteiger partial charge on any atom is 0.221 e. The molecule has 2 aromatic heterocycles. The number of hydrogen-bond acceptors (Lipinski definition) is 9. The number of nitrogens with two attached hydrogens (primary N) is 2. The maximum absolute atomic E-state index is 9.88. The quantitative estimate of drug-likeness (QED) is 0.308. The van der Waals surface area contributed by atoms with Crippen LogP contribution < -0.4 is 16.3 Å². The lowest BCUT2D eigenvalue weighted by Crippen LogP contribution is -2.26. The predicted molar refractivity (Wildman–Crippen MR) is 112 cm³/mol. The van der Waals surface area contributed by atoms with Crippen molar-refractivity contribution in [2.45, 2.75) is 32.5 Å². The van der Waals surface area contributed by atoms with Gasteiger partial charge in [0.25, 0.3) is 0 Å². The number of fused-ring (bicyclic) bond motifs is 1. The van der Waals surface area contributed by atoms with Crippen LogP contribution >= 0.6 is 0 Å². The van der Waals surface area contributed by atoms with E-state index in [0.29, 0.717) is 41.1 Å². The molecule has 10 nitrogen and oxygen atoms in total. The van der Waals surface area contributed by atoms with Crippen molar-refractivity contribution in [1.29, 1.82) is 0 Å². The molecule has 3 rings (SSSR count). The number of nitrogens with zero attached hydrogens (tertiary/aromatic N) is 6. The van der Waals surface area contributed by atoms with Crippen molar-refractivity contribution in [3.05, 3.63) is 41.9 Å². The zero-order chi connectivity index (χ0) is 21.0. The highest BCUT2D eigenvalue weighted by atomic mass is 16.5. The van der Waals surface area contributed by atoms with Gasteiger partial charge in [-0.3, -0.25) is 9.67 Å². The summed E-state index contributed by atoms with van der Waals surface area (Å²) < 4.78 is 7.02. The highest BCUT2D eigenvalue weighted by Crippen LogP contribution is 2.26. The van der Waals surface area contributed by atoms with Crippen molar-refractivity contribution in [2.24, 2.45) is 15.9 Å². The molecular formula is C19H24N8O2. The summed E-state index contributed by atoms with van der Waals surface area (Å²) in [7, 11) is 1.56. The van der Waals surface area contributed by atoms with Gasteiger partial charge in [0.1, 0.15) is 22.7 Å². The van der Waals surface area contributed by atoms with Crippen LogP contribution in [0.25, 0.3) is 10.9 Å². The Bertz CT molecular complexity index is 1070. The van der Waals surface area contributed by atoms with Crippen molar-refractivity contribution < 1.29 is 9.84 Å². The molecule has 29 heavy (non-hydrogen) atoms. The molecule has 3 aromatic rings. The smallest absolute Gasteiger partial charge is 0.221 e. The van der Waals surface area contributed by atoms with Crippen molar-refractivity contribution in [3.8, 4) is 5.75 Å². The monoisotopic (exact) mass is 396 g/mol. The molecule has 0 bridgehead atoms. The van der Waals surface area contributed by atoms with Gasteiger partial charge in [0.15, 0.2) is 0 Å². The SMILES string of the molecule is COc1cccc2c(C(C=NCc3ccn(CC(C)(C)O)n3)=NN)nc(N)nc12. The van der Waals surface area contributed by atoms with Gasteiger partial charge in [0, 0.05) is 11.6 Å². The average molecular weight is 396 g/mol. The number of hydrogen-bond donors (Lipinski definition) is 3. The number of benzene rings is 1. The second kappa shape index (κ2) is 8.23. The number of rotatable bonds is 7. The number of hydrazone groups is 1. The van der Waals surface area contributed by atoms with Crippen LogP contribution in [0.15, 0.2) is 40.6 Å². The largest absolute Gasteiger partial charge is 0.494 e. The first-order valence-electron chi connectivity index (χ1n) is 8.94. The number of ether oxygens (including phenoxy) is 1. The molecule has 10 heteroatoms. The zero-order valence-electron chi connectivity index (χ0n) is 16.6. The van der Waals surface area contributed by atoms with E-state index in [4.69, 9.17) is 16.3 Å². The summed E-state index contributed by atoms with van der Waals surface area (Å²) in [5.74, 6) is 6.24. The minimum absolute atomic E-state index is 0.0805. The molecule has 0 unspecified atom stereocenters. The summed E-state index contributed by atoms with van der Waals surface area (Å²) in [5.41, 5.74) is 7.15. The Morgan fingerprint density at radius 3 is 2.79 bits per heavy atom. The van der Waals surface area contributed by atoms with Crippen molar-refractivity contribution in [3.63, 3.8) is 0 Å². The topological polar surface area (TPSA) is 150 Å². The van der Waals surface area contributed by atoms with Crippen LogP contribution in [0.5, 0.6) is 5.75 Å². The van der Waals surface area contributed by atoms with Crippen molar-refractivity contribution >= 4 is 28.8 Å². The molecule has 0 saturated heterocycles. The summed E-state index contributed by atoms with van der Waals surface area (Å²) in [6.45, 7) is 4.16. The van der Waals surface area contributed by atoms with E-state index < -0.39 is 5.60 Å². The van der Waals surface area contributed by atoms with E-state index in [1.165, 1.54) is 6.21 Å². The van der Waals surface area contributed by atoms with E-state index >= 15 is 0 Å². The van der Waals surface area contributed by atoms with Gasteiger partial charge in [-0.2, -0.15) is 10.2 Å². The maximum atomic E-state index is 9.88. The molecule has 152 valence electrons. The number of aliphatic hydroxyl groups is 1. The highest BCUT2D eigenvalue weighted by molar-refractivity contribution is 6.40. The third-order valence-electron chi connectivity index (χ3n) is 4.02. The Kier molecular flexibility index (Phi) is 5.74. The first kappa shape index (κ1) is 20.2. The number of aromatic nitrogens is 4. The van der Waals surface area contributed by atoms with E-state index in [9.17, 15) is 5.11 Å². The van der Waals surface area contributed by atoms with E-state index in [1.807, 2.05) is 18.2 Å². The minimum atomic E-state index is -0.846. The van der Waals surface area contributed by atoms with E-state index in [0.717, 1.165) is 5.69 Å². The molecule has 0 aliphatic carbocycles. The molecule has 0 amide bonds. The third kappa shape index (κ3) is 4.85. The minimum Gasteiger partial charge on any atom is -0.494 e. The molecule has 0 saturated carbocycles. The van der Waals surface area contributed by atoms with Gasteiger partial charge in [0.2, 0.25) is 5.95 Å². The lowest BCUT2D eigenvalue weighted by molar-refractivity contribution is 0.0576. The number of methoxy groups -OCH3 is 1. The van der Waals surface area contributed by atoms with Crippen LogP contribution in [0, 0.1) is 0 Å². The van der Waals surface area contributed by atoms with Gasteiger partial charge in [-0.1, -0.05) is 12.1 Å². The summed E-state index contributed by atoms with van der Waals surface area (Å²) in [6.07, 6.45) is 3.32. The second-order valence-corrected chi connectivity index (χ2v) is 7.09. The Morgan fingerprint density at radius 2 is 2.10 bits per heavy atom. The number of anilines is 1. The van der Waals surface area contributed by atoms with Gasteiger partial charge >= 0.3 is 0 Å². The third-order valence-corrected chi connectivity index (χ3v) is 4.02. The second-order valence-electron chi connectivity index (χ2n) is 7.09. The fourth-order valence-electron chi connectivity index (χ4n) is 2.86. The Labute approximate surface area is 167 Å². The van der Waals surface area contributed by atoms with Gasteiger partial charge in [-0.05, 0) is 26.0 Å². The number of aliphatic imine (C=N–C) groups is 1. The zero-order valence-corrected chi connectivity index (χ0v) is 16.6. The van der Waals surface area contributed by atoms with Crippen LogP contribution in [0.1, 0.15) is 25.2 Å². The standard InChI is InChI=1S/C19H24N8O2/c1-19(2,28)11-27-8-7-12(26-27)9-22-10-14(25-21)16-13-5-4-6-15(29-3)17(13)24-18(20)23-16/h4-8,10,28H,9,11,21H2,1-3H3,(H2,20,23,24). The molecule has 2 heterocycles. The average Bonchev–Trinajstić information content (AvgIpc) is 3.09. The lowest BCUT2D eigenvalue weighted by Gasteiger charge is -2.16. The molecule has 0 aliphatic rings. The van der Waals surface area contributed by atoms with E-state index in [1.54, 1.807) is 37.9 Å². The fourth-order valence-corrected chi connectivity index (χ4v) is 2.86. The first-order chi connectivity index (χ1) is 13.8. The molecule has 1 aromatic carbocycles. The molecule has 0 aliphatic heterocycles. The number of para-hydroxylation sites is 1. The van der Waals surface area contributed by atoms with Crippen LogP contribution in [0.3, 0.4) is 0 Å². The molecular weight excluding hydrogens is 372 g/mol. The Hall–Kier alpha value is -3.53. The molecule has 0 radical (unpaired) electrons. The van der Waals surface area contributed by atoms with Crippen LogP contribution in [-0.4, -0.2) is 49.5 Å². The fraction of sp³-hybridized carbons (Fsp3) is 0.316. The van der Waals surface area contributed by atoms with Crippen molar-refractivity contribution in [1.82, 2.24) is 19.7 Å². The van der Waals surface area contributed by atoms with Gasteiger partial charge in [-0.15, -0.1) is 0 Å². The molecule has 5 N–H and O–H groups in total. The summed E-state index contributed by atoms with van der Waals surface area (Å²) in [6, 6.07) is 7.29. The predicted octanol–water partition coefficient (Wildman–Crippen LogP) is 1.12. The Morgan fingerprint density at radius 1 is 1.31 bits per heavy atom. The first-order valence-corrected chi connectivity index (χ1v) is 8.94. The molecule has 0 atom stereocenters. The van der Waals surface area contributed by atoms with Crippen molar-refractivity contribution in [2.75, 3.05) is 12.8 Å². The lowest BCUT2D eigenvalue weighted by atomic mass is 10.1. The molecule has 0 spiro atoms. The van der Waals surface area contributed by atoms with Crippen LogP contribution in [0.4, 0.5) is 5.95 Å². The van der Waals surface area contributed by atoms with Gasteiger partial charge < -0.3 is 21.4 Å². The summed E-state index contributed by atoms with van der Waals surface area (Å²) in [4.78, 5) is 12.9. The number of nitrogen functional groups attached to an aromatic ring is 1. The normalized spacial score (nSPS) is 12.8. The van der Waals surface area contributed by atoms with Crippen LogP contribution in [-0.2, 0) is 13.1 Å². The van der Waals surface area contributed by atoms with E-state index in [-0.39, 0.29) is 5.95 Å². The van der Waals surface area contributed by atoms with Gasteiger partial charge in [-0.25, -0.2) is 9.97 Å². The molecule has 0 fully saturated rings.